The molecule has 0 N–H and O–H groups in total. The van der Waals surface area contributed by atoms with Crippen molar-refractivity contribution in [2.45, 2.75) is 20.0 Å². The molecule has 0 aliphatic heterocycles. The molecule has 9 heteroatoms. The summed E-state index contributed by atoms with van der Waals surface area (Å²) in [5.74, 6) is -1.14. The Labute approximate surface area is 107 Å². The highest BCUT2D eigenvalue weighted by Crippen LogP contribution is 2.30. The fourth-order valence-electron chi connectivity index (χ4n) is 1.23. The summed E-state index contributed by atoms with van der Waals surface area (Å²) in [4.78, 5) is 3.43. The van der Waals surface area contributed by atoms with Crippen molar-refractivity contribution in [3.8, 4) is 5.13 Å². The third-order valence-electron chi connectivity index (χ3n) is 2.05. The van der Waals surface area contributed by atoms with Crippen LogP contribution in [0.5, 0.6) is 0 Å². The lowest BCUT2D eigenvalue weighted by molar-refractivity contribution is -0.144. The second-order valence-electron chi connectivity index (χ2n) is 3.29. The molecule has 2 heterocycles. The van der Waals surface area contributed by atoms with E-state index in [2.05, 4.69) is 30.4 Å². The van der Waals surface area contributed by atoms with Gasteiger partial charge in [0.1, 0.15) is 0 Å². The molecule has 17 heavy (non-hydrogen) atoms. The van der Waals surface area contributed by atoms with Crippen LogP contribution in [0.2, 0.25) is 0 Å². The lowest BCUT2D eigenvalue weighted by Crippen LogP contribution is -2.08. The molecule has 0 saturated carbocycles. The van der Waals surface area contributed by atoms with Gasteiger partial charge in [0, 0.05) is 11.5 Å². The van der Waals surface area contributed by atoms with Gasteiger partial charge < -0.3 is 0 Å². The predicted molar refractivity (Wildman–Crippen MR) is 59.2 cm³/mol. The molecule has 2 rings (SSSR count). The molecule has 0 aromatic carbocycles. The largest absolute Gasteiger partial charge is 0.452 e. The SMILES string of the molecule is Cc1nn(-c2nc(C(F)(F)F)ns2)c(C)c1Br. The quantitative estimate of drug-likeness (QED) is 0.808. The number of hydrogen-bond acceptors (Lipinski definition) is 4. The number of alkyl halides is 3. The Bertz CT molecular complexity index is 560. The Balaban J connectivity index is 2.48. The van der Waals surface area contributed by atoms with Crippen molar-refractivity contribution in [1.82, 2.24) is 19.1 Å². The molecule has 0 bridgehead atoms. The summed E-state index contributed by atoms with van der Waals surface area (Å²) >= 11 is 3.96. The Morgan fingerprint density at radius 3 is 2.35 bits per heavy atom. The maximum absolute atomic E-state index is 12.3. The molecule has 0 saturated heterocycles. The van der Waals surface area contributed by atoms with Crippen LogP contribution in [0.4, 0.5) is 13.2 Å². The highest BCUT2D eigenvalue weighted by Gasteiger charge is 2.36. The van der Waals surface area contributed by atoms with E-state index in [-0.39, 0.29) is 5.13 Å². The highest BCUT2D eigenvalue weighted by atomic mass is 79.9. The van der Waals surface area contributed by atoms with E-state index in [1.807, 2.05) is 0 Å². The van der Waals surface area contributed by atoms with Gasteiger partial charge >= 0.3 is 6.18 Å². The minimum absolute atomic E-state index is 0.101. The Kier molecular flexibility index (Phi) is 2.98. The predicted octanol–water partition coefficient (Wildman–Crippen LogP) is 3.12. The Morgan fingerprint density at radius 1 is 1.29 bits per heavy atom. The monoisotopic (exact) mass is 326 g/mol. The van der Waals surface area contributed by atoms with Crippen LogP contribution in [0.15, 0.2) is 4.47 Å². The summed E-state index contributed by atoms with van der Waals surface area (Å²) in [6.07, 6.45) is -4.53. The van der Waals surface area contributed by atoms with E-state index in [9.17, 15) is 13.2 Å². The molecule has 2 aromatic rings. The van der Waals surface area contributed by atoms with Gasteiger partial charge in [0.05, 0.1) is 15.9 Å². The summed E-state index contributed by atoms with van der Waals surface area (Å²) in [6.45, 7) is 3.48. The molecule has 0 aliphatic carbocycles. The lowest BCUT2D eigenvalue weighted by Gasteiger charge is -1.99. The van der Waals surface area contributed by atoms with E-state index in [1.54, 1.807) is 13.8 Å². The standard InChI is InChI=1S/C8H6BrF3N4S/c1-3-5(9)4(2)16(14-3)7-13-6(15-17-7)8(10,11)12/h1-2H3. The molecule has 0 amide bonds. The molecule has 0 unspecified atom stereocenters. The van der Waals surface area contributed by atoms with Gasteiger partial charge in [0.25, 0.3) is 0 Å². The fraction of sp³-hybridized carbons (Fsp3) is 0.375. The molecule has 92 valence electrons. The molecular formula is C8H6BrF3N4S. The van der Waals surface area contributed by atoms with E-state index in [4.69, 9.17) is 0 Å². The van der Waals surface area contributed by atoms with Crippen molar-refractivity contribution in [2.24, 2.45) is 0 Å². The summed E-state index contributed by atoms with van der Waals surface area (Å²) in [5, 5.41) is 4.19. The second kappa shape index (κ2) is 4.05. The van der Waals surface area contributed by atoms with Crippen molar-refractivity contribution >= 4 is 27.5 Å². The van der Waals surface area contributed by atoms with Crippen LogP contribution in [0.1, 0.15) is 17.2 Å². The third-order valence-corrected chi connectivity index (χ3v) is 3.89. The normalized spacial score (nSPS) is 12.1. The summed E-state index contributed by atoms with van der Waals surface area (Å²) in [5.41, 5.74) is 1.37. The van der Waals surface area contributed by atoms with Gasteiger partial charge in [0.15, 0.2) is 0 Å². The first-order chi connectivity index (χ1) is 7.80. The first kappa shape index (κ1) is 12.5. The maximum atomic E-state index is 12.3. The van der Waals surface area contributed by atoms with Crippen molar-refractivity contribution in [1.29, 1.82) is 0 Å². The first-order valence-electron chi connectivity index (χ1n) is 4.43. The Hall–Kier alpha value is -0.960. The molecule has 0 fully saturated rings. The maximum Gasteiger partial charge on any atom is 0.452 e. The zero-order valence-electron chi connectivity index (χ0n) is 8.71. The number of halogens is 4. The average Bonchev–Trinajstić information content (AvgIpc) is 2.79. The van der Waals surface area contributed by atoms with Crippen LogP contribution in [-0.2, 0) is 6.18 Å². The average molecular weight is 327 g/mol. The van der Waals surface area contributed by atoms with Gasteiger partial charge in [0.2, 0.25) is 11.0 Å². The van der Waals surface area contributed by atoms with Gasteiger partial charge in [-0.1, -0.05) is 0 Å². The lowest BCUT2D eigenvalue weighted by atomic mass is 10.4. The summed E-state index contributed by atoms with van der Waals surface area (Å²) < 4.78 is 42.4. The van der Waals surface area contributed by atoms with Crippen LogP contribution >= 0.6 is 27.5 Å². The van der Waals surface area contributed by atoms with Crippen molar-refractivity contribution in [2.75, 3.05) is 0 Å². The smallest absolute Gasteiger partial charge is 0.208 e. The van der Waals surface area contributed by atoms with Gasteiger partial charge in [-0.2, -0.15) is 27.6 Å². The van der Waals surface area contributed by atoms with Gasteiger partial charge in [-0.15, -0.1) is 0 Å². The van der Waals surface area contributed by atoms with E-state index in [0.717, 1.165) is 4.47 Å². The molecule has 0 spiro atoms. The number of nitrogens with zero attached hydrogens (tertiary/aromatic N) is 4. The minimum atomic E-state index is -4.53. The van der Waals surface area contributed by atoms with Crippen molar-refractivity contribution in [3.63, 3.8) is 0 Å². The Morgan fingerprint density at radius 2 is 1.94 bits per heavy atom. The number of aromatic nitrogens is 4. The van der Waals surface area contributed by atoms with Gasteiger partial charge in [-0.3, -0.25) is 0 Å². The second-order valence-corrected chi connectivity index (χ2v) is 4.82. The van der Waals surface area contributed by atoms with Gasteiger partial charge in [-0.25, -0.2) is 4.68 Å². The number of aryl methyl sites for hydroxylation is 1. The van der Waals surface area contributed by atoms with Crippen LogP contribution in [0.3, 0.4) is 0 Å². The highest BCUT2D eigenvalue weighted by molar-refractivity contribution is 9.10. The van der Waals surface area contributed by atoms with E-state index in [0.29, 0.717) is 22.9 Å². The van der Waals surface area contributed by atoms with Crippen LogP contribution in [0.25, 0.3) is 5.13 Å². The summed E-state index contributed by atoms with van der Waals surface area (Å²) in [6, 6.07) is 0. The van der Waals surface area contributed by atoms with E-state index >= 15 is 0 Å². The molecule has 4 nitrogen and oxygen atoms in total. The molecular weight excluding hydrogens is 321 g/mol. The minimum Gasteiger partial charge on any atom is -0.208 e. The van der Waals surface area contributed by atoms with Crippen molar-refractivity contribution < 1.29 is 13.2 Å². The van der Waals surface area contributed by atoms with Crippen LogP contribution in [-0.4, -0.2) is 19.1 Å². The van der Waals surface area contributed by atoms with Crippen molar-refractivity contribution in [3.05, 3.63) is 21.7 Å². The summed E-state index contributed by atoms with van der Waals surface area (Å²) in [7, 11) is 0. The zero-order valence-corrected chi connectivity index (χ0v) is 11.1. The zero-order chi connectivity index (χ0) is 12.8. The van der Waals surface area contributed by atoms with Crippen LogP contribution < -0.4 is 0 Å². The fourth-order valence-corrected chi connectivity index (χ4v) is 2.17. The van der Waals surface area contributed by atoms with Crippen LogP contribution in [0, 0.1) is 13.8 Å². The molecule has 0 aliphatic rings. The molecule has 0 radical (unpaired) electrons. The van der Waals surface area contributed by atoms with Gasteiger partial charge in [-0.05, 0) is 29.8 Å². The molecule has 2 aromatic heterocycles. The number of rotatable bonds is 1. The molecule has 0 atom stereocenters. The number of hydrogen-bond donors (Lipinski definition) is 0. The third kappa shape index (κ3) is 2.21. The van der Waals surface area contributed by atoms with E-state index < -0.39 is 12.0 Å². The topological polar surface area (TPSA) is 43.6 Å². The van der Waals surface area contributed by atoms with E-state index in [1.165, 1.54) is 4.68 Å². The first-order valence-corrected chi connectivity index (χ1v) is 6.00.